The van der Waals surface area contributed by atoms with E-state index < -0.39 is 0 Å². The van der Waals surface area contributed by atoms with E-state index in [1.807, 2.05) is 42.5 Å². The van der Waals surface area contributed by atoms with Crippen LogP contribution in [0.4, 0.5) is 5.69 Å². The summed E-state index contributed by atoms with van der Waals surface area (Å²) in [6, 6.07) is 13.5. The lowest BCUT2D eigenvalue weighted by atomic mass is 10.1. The zero-order valence-electron chi connectivity index (χ0n) is 15.8. The summed E-state index contributed by atoms with van der Waals surface area (Å²) in [4.78, 5) is 14.7. The predicted molar refractivity (Wildman–Crippen MR) is 117 cm³/mol. The van der Waals surface area contributed by atoms with Crippen molar-refractivity contribution in [3.05, 3.63) is 63.5 Å². The van der Waals surface area contributed by atoms with E-state index in [0.717, 1.165) is 41.7 Å². The van der Waals surface area contributed by atoms with Gasteiger partial charge >= 0.3 is 0 Å². The van der Waals surface area contributed by atoms with E-state index in [1.165, 1.54) is 0 Å². The third-order valence-corrected chi connectivity index (χ3v) is 5.46. The fourth-order valence-corrected chi connectivity index (χ4v) is 3.70. The molecule has 0 atom stereocenters. The Hall–Kier alpha value is -2.44. The lowest BCUT2D eigenvalue weighted by Crippen LogP contribution is -2.21. The number of carbonyl (C=O) groups is 1. The summed E-state index contributed by atoms with van der Waals surface area (Å²) in [7, 11) is 0. The molecule has 2 aromatic carbocycles. The summed E-state index contributed by atoms with van der Waals surface area (Å²) in [5, 5.41) is 10.9. The van der Waals surface area contributed by atoms with Crippen LogP contribution in [0.3, 0.4) is 0 Å². The van der Waals surface area contributed by atoms with Crippen molar-refractivity contribution in [2.24, 2.45) is 0 Å². The summed E-state index contributed by atoms with van der Waals surface area (Å²) in [6.07, 6.45) is 1.77. The van der Waals surface area contributed by atoms with Gasteiger partial charge in [-0.2, -0.15) is 0 Å². The second kappa shape index (κ2) is 9.17. The molecule has 0 aliphatic carbocycles. The molecule has 3 rings (SSSR count). The first-order valence-corrected chi connectivity index (χ1v) is 10.2. The number of carbonyl (C=O) groups excluding carboxylic acids is 1. The van der Waals surface area contributed by atoms with Gasteiger partial charge in [-0.05, 0) is 61.5 Å². The molecule has 1 fully saturated rings. The van der Waals surface area contributed by atoms with Crippen LogP contribution in [-0.4, -0.2) is 24.2 Å². The van der Waals surface area contributed by atoms with Crippen LogP contribution in [0, 0.1) is 5.41 Å². The van der Waals surface area contributed by atoms with E-state index >= 15 is 0 Å². The number of hydrogen-bond acceptors (Lipinski definition) is 5. The van der Waals surface area contributed by atoms with Crippen LogP contribution in [-0.2, 0) is 11.4 Å². The van der Waals surface area contributed by atoms with E-state index in [0.29, 0.717) is 22.3 Å². The molecule has 0 saturated carbocycles. The number of thioether (sulfide) groups is 1. The van der Waals surface area contributed by atoms with Crippen LogP contribution in [0.2, 0.25) is 5.02 Å². The van der Waals surface area contributed by atoms with Crippen molar-refractivity contribution in [2.45, 2.75) is 20.5 Å². The molecule has 1 aliphatic heterocycles. The van der Waals surface area contributed by atoms with Gasteiger partial charge < -0.3 is 15.0 Å². The van der Waals surface area contributed by atoms with Crippen molar-refractivity contribution in [1.29, 1.82) is 5.41 Å². The Morgan fingerprint density at radius 2 is 1.89 bits per heavy atom. The standard InChI is InChI=1S/C21H22ClN3O2S/c1-3-25(4-2)17-10-7-15(11-19-20(26)24-21(23)28-19)18(12-17)27-13-14-5-8-16(22)9-6-14/h5-12H,3-4,13H2,1-2H3,(H2,23,24,26)/b19-11-. The molecule has 5 nitrogen and oxygen atoms in total. The largest absolute Gasteiger partial charge is 0.488 e. The number of halogens is 1. The number of benzene rings is 2. The summed E-state index contributed by atoms with van der Waals surface area (Å²) in [5.74, 6) is 0.435. The van der Waals surface area contributed by atoms with Gasteiger partial charge in [0.25, 0.3) is 5.91 Å². The van der Waals surface area contributed by atoms with Crippen LogP contribution in [0.1, 0.15) is 25.0 Å². The molecule has 0 unspecified atom stereocenters. The van der Waals surface area contributed by atoms with Gasteiger partial charge in [0.1, 0.15) is 12.4 Å². The monoisotopic (exact) mass is 415 g/mol. The third-order valence-electron chi connectivity index (χ3n) is 4.38. The average molecular weight is 416 g/mol. The summed E-state index contributed by atoms with van der Waals surface area (Å²) in [6.45, 7) is 6.40. The molecular weight excluding hydrogens is 394 g/mol. The molecule has 1 aliphatic rings. The van der Waals surface area contributed by atoms with E-state index in [4.69, 9.17) is 21.7 Å². The Bertz CT molecular complexity index is 908. The molecule has 1 heterocycles. The first-order valence-electron chi connectivity index (χ1n) is 9.05. The predicted octanol–water partition coefficient (Wildman–Crippen LogP) is 4.90. The van der Waals surface area contributed by atoms with Crippen molar-refractivity contribution >= 4 is 46.2 Å². The minimum Gasteiger partial charge on any atom is -0.488 e. The fourth-order valence-electron chi connectivity index (χ4n) is 2.88. The first-order chi connectivity index (χ1) is 13.5. The fraction of sp³-hybridized carbons (Fsp3) is 0.238. The highest BCUT2D eigenvalue weighted by Gasteiger charge is 2.23. The average Bonchev–Trinajstić information content (AvgIpc) is 3.00. The van der Waals surface area contributed by atoms with Gasteiger partial charge in [-0.15, -0.1) is 0 Å². The highest BCUT2D eigenvalue weighted by atomic mass is 35.5. The van der Waals surface area contributed by atoms with E-state index in [2.05, 4.69) is 24.1 Å². The molecule has 0 aromatic heterocycles. The smallest absolute Gasteiger partial charge is 0.264 e. The Morgan fingerprint density at radius 3 is 2.50 bits per heavy atom. The zero-order chi connectivity index (χ0) is 20.1. The zero-order valence-corrected chi connectivity index (χ0v) is 17.4. The molecule has 146 valence electrons. The van der Waals surface area contributed by atoms with Crippen molar-refractivity contribution < 1.29 is 9.53 Å². The first kappa shape index (κ1) is 20.3. The topological polar surface area (TPSA) is 65.4 Å². The van der Waals surface area contributed by atoms with Crippen molar-refractivity contribution in [3.63, 3.8) is 0 Å². The molecule has 7 heteroatoms. The van der Waals surface area contributed by atoms with Gasteiger partial charge in [0.15, 0.2) is 5.17 Å². The normalized spacial score (nSPS) is 15.0. The lowest BCUT2D eigenvalue weighted by molar-refractivity contribution is -0.115. The summed E-state index contributed by atoms with van der Waals surface area (Å²) in [5.41, 5.74) is 2.87. The van der Waals surface area contributed by atoms with Gasteiger partial charge in [0, 0.05) is 35.4 Å². The van der Waals surface area contributed by atoms with Crippen molar-refractivity contribution in [3.8, 4) is 5.75 Å². The van der Waals surface area contributed by atoms with E-state index in [9.17, 15) is 4.79 Å². The molecule has 1 amide bonds. The van der Waals surface area contributed by atoms with E-state index in [1.54, 1.807) is 6.08 Å². The second-order valence-corrected chi connectivity index (χ2v) is 7.69. The number of anilines is 1. The maximum Gasteiger partial charge on any atom is 0.264 e. The van der Waals surface area contributed by atoms with Gasteiger partial charge in [-0.25, -0.2) is 0 Å². The molecule has 28 heavy (non-hydrogen) atoms. The SMILES string of the molecule is CCN(CC)c1ccc(/C=C2\SC(=N)NC2=O)c(OCc2ccc(Cl)cc2)c1. The number of amidine groups is 1. The molecular formula is C21H22ClN3O2S. The molecule has 1 saturated heterocycles. The van der Waals surface area contributed by atoms with Crippen LogP contribution < -0.4 is 15.0 Å². The van der Waals surface area contributed by atoms with E-state index in [-0.39, 0.29) is 11.1 Å². The maximum atomic E-state index is 12.0. The number of ether oxygens (including phenoxy) is 1. The van der Waals surface area contributed by atoms with Gasteiger partial charge in [0.2, 0.25) is 0 Å². The van der Waals surface area contributed by atoms with Crippen LogP contribution in [0.25, 0.3) is 6.08 Å². The van der Waals surface area contributed by atoms with Crippen molar-refractivity contribution in [1.82, 2.24) is 5.32 Å². The van der Waals surface area contributed by atoms with Crippen LogP contribution in [0.5, 0.6) is 5.75 Å². The Morgan fingerprint density at radius 1 is 1.18 bits per heavy atom. The molecule has 2 N–H and O–H groups in total. The number of hydrogen-bond donors (Lipinski definition) is 2. The van der Waals surface area contributed by atoms with Crippen molar-refractivity contribution in [2.75, 3.05) is 18.0 Å². The molecule has 2 aromatic rings. The summed E-state index contributed by atoms with van der Waals surface area (Å²) >= 11 is 7.07. The number of nitrogens with one attached hydrogen (secondary N) is 2. The Kier molecular flexibility index (Phi) is 6.65. The van der Waals surface area contributed by atoms with Crippen LogP contribution in [0.15, 0.2) is 47.4 Å². The second-order valence-electron chi connectivity index (χ2n) is 6.20. The van der Waals surface area contributed by atoms with Gasteiger partial charge in [-0.3, -0.25) is 10.2 Å². The number of amides is 1. The van der Waals surface area contributed by atoms with Crippen LogP contribution >= 0.6 is 23.4 Å². The highest BCUT2D eigenvalue weighted by molar-refractivity contribution is 8.18. The Labute approximate surface area is 174 Å². The number of rotatable bonds is 7. The summed E-state index contributed by atoms with van der Waals surface area (Å²) < 4.78 is 6.11. The Balaban J connectivity index is 1.91. The highest BCUT2D eigenvalue weighted by Crippen LogP contribution is 2.32. The lowest BCUT2D eigenvalue weighted by Gasteiger charge is -2.22. The maximum absolute atomic E-state index is 12.0. The quantitative estimate of drug-likeness (QED) is 0.631. The minimum absolute atomic E-state index is 0.139. The van der Waals surface area contributed by atoms with Gasteiger partial charge in [0.05, 0.1) is 4.91 Å². The third kappa shape index (κ3) is 4.88. The van der Waals surface area contributed by atoms with Gasteiger partial charge in [-0.1, -0.05) is 23.7 Å². The number of nitrogens with zero attached hydrogens (tertiary/aromatic N) is 1. The molecule has 0 radical (unpaired) electrons. The minimum atomic E-state index is -0.258. The molecule has 0 spiro atoms. The molecule has 0 bridgehead atoms.